The van der Waals surface area contributed by atoms with E-state index < -0.39 is 5.97 Å². The van der Waals surface area contributed by atoms with E-state index >= 15 is 0 Å². The summed E-state index contributed by atoms with van der Waals surface area (Å²) >= 11 is 1.51. The van der Waals surface area contributed by atoms with Crippen molar-refractivity contribution in [2.45, 2.75) is 29.9 Å². The summed E-state index contributed by atoms with van der Waals surface area (Å²) in [5.74, 6) is 0.513. The highest BCUT2D eigenvalue weighted by Gasteiger charge is 2.23. The smallest absolute Gasteiger partial charge is 0.304 e. The third-order valence-electron chi connectivity index (χ3n) is 2.33. The monoisotopic (exact) mass is 270 g/mol. The number of aliphatic carboxylic acids is 1. The Morgan fingerprint density at radius 1 is 1.28 bits per heavy atom. The molecular formula is C13H18O4S. The van der Waals surface area contributed by atoms with Crippen LogP contribution in [0.5, 0.6) is 11.5 Å². The highest BCUT2D eigenvalue weighted by Crippen LogP contribution is 2.39. The van der Waals surface area contributed by atoms with Gasteiger partial charge in [-0.2, -0.15) is 0 Å². The average molecular weight is 270 g/mol. The number of hydrogen-bond donors (Lipinski definition) is 1. The molecule has 0 bridgehead atoms. The Bertz CT molecular complexity index is 429. The van der Waals surface area contributed by atoms with E-state index in [1.807, 2.05) is 32.0 Å². The van der Waals surface area contributed by atoms with Gasteiger partial charge in [0, 0.05) is 9.64 Å². The summed E-state index contributed by atoms with van der Waals surface area (Å²) in [6.07, 6.45) is 0.103. The van der Waals surface area contributed by atoms with Crippen LogP contribution < -0.4 is 9.47 Å². The molecule has 0 spiro atoms. The lowest BCUT2D eigenvalue weighted by Crippen LogP contribution is -2.19. The summed E-state index contributed by atoms with van der Waals surface area (Å²) < 4.78 is 10.0. The maximum absolute atomic E-state index is 10.8. The second-order valence-corrected chi connectivity index (χ2v) is 6.23. The van der Waals surface area contributed by atoms with Crippen LogP contribution in [0.25, 0.3) is 0 Å². The molecule has 0 saturated carbocycles. The van der Waals surface area contributed by atoms with Crippen molar-refractivity contribution in [3.63, 3.8) is 0 Å². The molecule has 0 saturated heterocycles. The average Bonchev–Trinajstić information content (AvgIpc) is 2.26. The Labute approximate surface area is 111 Å². The maximum atomic E-state index is 10.8. The van der Waals surface area contributed by atoms with Crippen LogP contribution in [-0.4, -0.2) is 30.0 Å². The Hall–Kier alpha value is -1.36. The van der Waals surface area contributed by atoms with Crippen molar-refractivity contribution >= 4 is 17.7 Å². The van der Waals surface area contributed by atoms with Gasteiger partial charge < -0.3 is 14.6 Å². The van der Waals surface area contributed by atoms with Gasteiger partial charge >= 0.3 is 5.97 Å². The molecule has 1 aromatic rings. The van der Waals surface area contributed by atoms with Crippen LogP contribution in [0.1, 0.15) is 20.3 Å². The van der Waals surface area contributed by atoms with Gasteiger partial charge in [-0.05, 0) is 32.0 Å². The zero-order chi connectivity index (χ0) is 13.8. The van der Waals surface area contributed by atoms with E-state index in [9.17, 15) is 4.79 Å². The predicted octanol–water partition coefficient (Wildman–Crippen LogP) is 3.05. The molecule has 0 aliphatic heterocycles. The van der Waals surface area contributed by atoms with Gasteiger partial charge in [-0.25, -0.2) is 0 Å². The third-order valence-corrected chi connectivity index (χ3v) is 3.51. The largest absolute Gasteiger partial charge is 0.493 e. The number of thioether (sulfide) groups is 1. The summed E-state index contributed by atoms with van der Waals surface area (Å²) in [7, 11) is 3.16. The number of benzene rings is 1. The van der Waals surface area contributed by atoms with E-state index in [1.165, 1.54) is 11.8 Å². The first-order chi connectivity index (χ1) is 8.38. The van der Waals surface area contributed by atoms with Gasteiger partial charge in [0.15, 0.2) is 11.5 Å². The summed E-state index contributed by atoms with van der Waals surface area (Å²) in [5, 5.41) is 8.85. The SMILES string of the molecule is COc1ccc(SC(C)(C)CC(=O)O)cc1OC. The molecule has 18 heavy (non-hydrogen) atoms. The first-order valence-electron chi connectivity index (χ1n) is 5.51. The molecule has 0 amide bonds. The van der Waals surface area contributed by atoms with Crippen molar-refractivity contribution in [2.24, 2.45) is 0 Å². The number of carbonyl (C=O) groups is 1. The van der Waals surface area contributed by atoms with E-state index in [4.69, 9.17) is 14.6 Å². The minimum absolute atomic E-state index is 0.103. The van der Waals surface area contributed by atoms with E-state index in [0.29, 0.717) is 11.5 Å². The van der Waals surface area contributed by atoms with Gasteiger partial charge in [0.1, 0.15) is 0 Å². The highest BCUT2D eigenvalue weighted by atomic mass is 32.2. The molecule has 5 heteroatoms. The summed E-state index contributed by atoms with van der Waals surface area (Å²) in [4.78, 5) is 11.7. The molecule has 0 aliphatic carbocycles. The summed E-state index contributed by atoms with van der Waals surface area (Å²) in [6, 6.07) is 5.57. The third kappa shape index (κ3) is 4.14. The fourth-order valence-electron chi connectivity index (χ4n) is 1.60. The molecule has 1 aromatic carbocycles. The number of carboxylic acid groups (broad SMARTS) is 1. The lowest BCUT2D eigenvalue weighted by atomic mass is 10.1. The topological polar surface area (TPSA) is 55.8 Å². The minimum atomic E-state index is -0.798. The molecule has 0 fully saturated rings. The fraction of sp³-hybridized carbons (Fsp3) is 0.462. The van der Waals surface area contributed by atoms with Gasteiger partial charge in [0.2, 0.25) is 0 Å². The number of carboxylic acids is 1. The van der Waals surface area contributed by atoms with Crippen molar-refractivity contribution in [2.75, 3.05) is 14.2 Å². The second kappa shape index (κ2) is 6.00. The number of hydrogen-bond acceptors (Lipinski definition) is 4. The normalized spacial score (nSPS) is 11.1. The standard InChI is InChI=1S/C13H18O4S/c1-13(2,8-12(14)15)18-9-5-6-10(16-3)11(7-9)17-4/h5-7H,8H2,1-4H3,(H,14,15). The molecule has 0 atom stereocenters. The first-order valence-corrected chi connectivity index (χ1v) is 6.32. The molecule has 1 rings (SSSR count). The van der Waals surface area contributed by atoms with E-state index in [1.54, 1.807) is 14.2 Å². The van der Waals surface area contributed by atoms with Crippen molar-refractivity contribution in [1.82, 2.24) is 0 Å². The Kier molecular flexibility index (Phi) is 4.90. The maximum Gasteiger partial charge on any atom is 0.304 e. The van der Waals surface area contributed by atoms with Gasteiger partial charge in [0.05, 0.1) is 20.6 Å². The van der Waals surface area contributed by atoms with E-state index in [2.05, 4.69) is 0 Å². The molecule has 0 aromatic heterocycles. The Balaban J connectivity index is 2.88. The van der Waals surface area contributed by atoms with Crippen LogP contribution in [0.3, 0.4) is 0 Å². The second-order valence-electron chi connectivity index (χ2n) is 4.45. The first kappa shape index (κ1) is 14.7. The Morgan fingerprint density at radius 3 is 2.39 bits per heavy atom. The van der Waals surface area contributed by atoms with Crippen LogP contribution >= 0.6 is 11.8 Å². The fourth-order valence-corrected chi connectivity index (χ4v) is 2.74. The number of rotatable bonds is 6. The molecule has 4 nitrogen and oxygen atoms in total. The predicted molar refractivity (Wildman–Crippen MR) is 71.7 cm³/mol. The van der Waals surface area contributed by atoms with Crippen LogP contribution in [0.2, 0.25) is 0 Å². The zero-order valence-electron chi connectivity index (χ0n) is 11.0. The van der Waals surface area contributed by atoms with Gasteiger partial charge in [-0.15, -0.1) is 11.8 Å². The number of ether oxygens (including phenoxy) is 2. The Morgan fingerprint density at radius 2 is 1.89 bits per heavy atom. The van der Waals surface area contributed by atoms with Gasteiger partial charge in [0.25, 0.3) is 0 Å². The molecule has 0 heterocycles. The van der Waals surface area contributed by atoms with Crippen LogP contribution in [-0.2, 0) is 4.79 Å². The van der Waals surface area contributed by atoms with E-state index in [-0.39, 0.29) is 11.2 Å². The van der Waals surface area contributed by atoms with Gasteiger partial charge in [-0.1, -0.05) is 0 Å². The lowest BCUT2D eigenvalue weighted by Gasteiger charge is -2.22. The minimum Gasteiger partial charge on any atom is -0.493 e. The summed E-state index contributed by atoms with van der Waals surface area (Å²) in [6.45, 7) is 3.81. The quantitative estimate of drug-likeness (QED) is 0.805. The number of methoxy groups -OCH3 is 2. The molecule has 0 unspecified atom stereocenters. The molecule has 1 N–H and O–H groups in total. The lowest BCUT2D eigenvalue weighted by molar-refractivity contribution is -0.137. The van der Waals surface area contributed by atoms with Crippen molar-refractivity contribution in [3.8, 4) is 11.5 Å². The van der Waals surface area contributed by atoms with Crippen molar-refractivity contribution in [1.29, 1.82) is 0 Å². The van der Waals surface area contributed by atoms with Crippen LogP contribution in [0.15, 0.2) is 23.1 Å². The van der Waals surface area contributed by atoms with Gasteiger partial charge in [-0.3, -0.25) is 4.79 Å². The molecule has 0 aliphatic rings. The van der Waals surface area contributed by atoms with E-state index in [0.717, 1.165) is 4.90 Å². The van der Waals surface area contributed by atoms with Crippen LogP contribution in [0.4, 0.5) is 0 Å². The molecular weight excluding hydrogens is 252 g/mol. The highest BCUT2D eigenvalue weighted by molar-refractivity contribution is 8.00. The van der Waals surface area contributed by atoms with Crippen LogP contribution in [0, 0.1) is 0 Å². The molecule has 100 valence electrons. The van der Waals surface area contributed by atoms with Crippen molar-refractivity contribution in [3.05, 3.63) is 18.2 Å². The zero-order valence-corrected chi connectivity index (χ0v) is 11.8. The summed E-state index contributed by atoms with van der Waals surface area (Å²) in [5.41, 5.74) is 0. The van der Waals surface area contributed by atoms with Crippen molar-refractivity contribution < 1.29 is 19.4 Å². The molecule has 0 radical (unpaired) electrons.